The molecule has 1 amide bonds. The third kappa shape index (κ3) is 4.34. The SMILES string of the molecule is O=C([C@@H](O)C1CCCCC1)N1CCC2C(CNN2S(=O)(=O)C2CCC3OCCOC3C2)C1. The van der Waals surface area contributed by atoms with Crippen LogP contribution in [0.5, 0.6) is 0 Å². The third-order valence-corrected chi connectivity index (χ3v) is 10.5. The number of carbonyl (C=O) groups excluding carboxylic acids is 1. The smallest absolute Gasteiger partial charge is 0.251 e. The first-order chi connectivity index (χ1) is 15.4. The van der Waals surface area contributed by atoms with Crippen molar-refractivity contribution in [2.45, 2.75) is 87.4 Å². The molecule has 182 valence electrons. The fraction of sp³-hybridized carbons (Fsp3) is 0.955. The van der Waals surface area contributed by atoms with Crippen molar-refractivity contribution >= 4 is 15.9 Å². The molecule has 2 saturated carbocycles. The van der Waals surface area contributed by atoms with Crippen LogP contribution in [0.2, 0.25) is 0 Å². The zero-order valence-electron chi connectivity index (χ0n) is 18.7. The van der Waals surface area contributed by atoms with E-state index in [0.717, 1.165) is 25.7 Å². The van der Waals surface area contributed by atoms with Crippen LogP contribution in [-0.4, -0.2) is 91.2 Å². The molecular weight excluding hydrogens is 434 g/mol. The highest BCUT2D eigenvalue weighted by Gasteiger charge is 2.49. The van der Waals surface area contributed by atoms with Crippen LogP contribution in [0.15, 0.2) is 0 Å². The van der Waals surface area contributed by atoms with Gasteiger partial charge in [-0.15, -0.1) is 4.41 Å². The molecule has 5 unspecified atom stereocenters. The number of ether oxygens (including phenoxy) is 2. The number of piperidine rings is 1. The molecule has 0 spiro atoms. The summed E-state index contributed by atoms with van der Waals surface area (Å²) in [5.41, 5.74) is 3.13. The normalized spacial score (nSPS) is 38.2. The molecule has 10 heteroatoms. The zero-order valence-corrected chi connectivity index (χ0v) is 19.5. The summed E-state index contributed by atoms with van der Waals surface area (Å²) >= 11 is 0. The number of nitrogens with one attached hydrogen (secondary N) is 1. The molecule has 2 N–H and O–H groups in total. The number of nitrogens with zero attached hydrogens (tertiary/aromatic N) is 2. The lowest BCUT2D eigenvalue weighted by atomic mass is 9.84. The molecule has 5 fully saturated rings. The van der Waals surface area contributed by atoms with E-state index in [9.17, 15) is 18.3 Å². The van der Waals surface area contributed by atoms with E-state index in [-0.39, 0.29) is 36.0 Å². The largest absolute Gasteiger partial charge is 0.383 e. The highest BCUT2D eigenvalue weighted by atomic mass is 32.2. The zero-order chi connectivity index (χ0) is 22.3. The van der Waals surface area contributed by atoms with Gasteiger partial charge in [0.2, 0.25) is 10.0 Å². The molecule has 3 heterocycles. The summed E-state index contributed by atoms with van der Waals surface area (Å²) in [7, 11) is -3.52. The van der Waals surface area contributed by atoms with Crippen molar-refractivity contribution in [2.24, 2.45) is 11.8 Å². The number of hydrogen-bond donors (Lipinski definition) is 2. The van der Waals surface area contributed by atoms with Gasteiger partial charge < -0.3 is 19.5 Å². The van der Waals surface area contributed by atoms with Crippen LogP contribution < -0.4 is 5.43 Å². The Balaban J connectivity index is 1.20. The summed E-state index contributed by atoms with van der Waals surface area (Å²) in [5, 5.41) is 10.2. The molecule has 0 radical (unpaired) electrons. The van der Waals surface area contributed by atoms with Crippen molar-refractivity contribution in [3.05, 3.63) is 0 Å². The Morgan fingerprint density at radius 1 is 1.00 bits per heavy atom. The first-order valence-corrected chi connectivity index (χ1v) is 13.9. The van der Waals surface area contributed by atoms with Gasteiger partial charge in [-0.3, -0.25) is 4.79 Å². The fourth-order valence-electron chi connectivity index (χ4n) is 6.43. The van der Waals surface area contributed by atoms with E-state index >= 15 is 0 Å². The molecule has 0 aromatic rings. The lowest BCUT2D eigenvalue weighted by Gasteiger charge is -2.41. The first kappa shape index (κ1) is 23.0. The minimum absolute atomic E-state index is 0.0133. The third-order valence-electron chi connectivity index (χ3n) is 8.29. The predicted molar refractivity (Wildman–Crippen MR) is 117 cm³/mol. The number of hydrazine groups is 1. The molecule has 0 aromatic carbocycles. The molecule has 5 rings (SSSR count). The van der Waals surface area contributed by atoms with E-state index in [0.29, 0.717) is 58.5 Å². The Bertz CT molecular complexity index is 789. The van der Waals surface area contributed by atoms with Crippen molar-refractivity contribution in [3.63, 3.8) is 0 Å². The highest BCUT2D eigenvalue weighted by molar-refractivity contribution is 7.89. The molecule has 32 heavy (non-hydrogen) atoms. The van der Waals surface area contributed by atoms with E-state index in [2.05, 4.69) is 5.43 Å². The van der Waals surface area contributed by atoms with Crippen molar-refractivity contribution in [1.82, 2.24) is 14.7 Å². The summed E-state index contributed by atoms with van der Waals surface area (Å²) in [5.74, 6) is -0.0651. The van der Waals surface area contributed by atoms with Crippen LogP contribution in [0.3, 0.4) is 0 Å². The van der Waals surface area contributed by atoms with Crippen molar-refractivity contribution < 1.29 is 27.8 Å². The van der Waals surface area contributed by atoms with Crippen molar-refractivity contribution in [1.29, 1.82) is 0 Å². The van der Waals surface area contributed by atoms with Gasteiger partial charge in [0.05, 0.1) is 30.7 Å². The van der Waals surface area contributed by atoms with Crippen LogP contribution >= 0.6 is 0 Å². The molecule has 3 aliphatic heterocycles. The number of rotatable bonds is 4. The molecule has 5 aliphatic rings. The molecule has 9 nitrogen and oxygen atoms in total. The molecule has 3 saturated heterocycles. The maximum Gasteiger partial charge on any atom is 0.251 e. The lowest BCUT2D eigenvalue weighted by molar-refractivity contribution is -0.153. The quantitative estimate of drug-likeness (QED) is 0.619. The minimum Gasteiger partial charge on any atom is -0.383 e. The number of aliphatic hydroxyl groups is 1. The van der Waals surface area contributed by atoms with E-state index in [1.54, 1.807) is 4.90 Å². The monoisotopic (exact) mass is 471 g/mol. The van der Waals surface area contributed by atoms with Crippen LogP contribution in [0.25, 0.3) is 0 Å². The summed E-state index contributed by atoms with van der Waals surface area (Å²) in [6.07, 6.45) is 6.48. The number of likely N-dealkylation sites (tertiary alicyclic amines) is 1. The Morgan fingerprint density at radius 3 is 2.53 bits per heavy atom. The van der Waals surface area contributed by atoms with E-state index in [1.807, 2.05) is 0 Å². The maximum atomic E-state index is 13.5. The topological polar surface area (TPSA) is 108 Å². The van der Waals surface area contributed by atoms with E-state index in [1.165, 1.54) is 10.8 Å². The van der Waals surface area contributed by atoms with Gasteiger partial charge in [-0.25, -0.2) is 13.8 Å². The standard InChI is InChI=1S/C22H37N3O6S/c26-21(15-4-2-1-3-5-15)22(27)24-9-8-18-16(14-24)13-23-25(18)32(28,29)17-6-7-19-20(12-17)31-11-10-30-19/h15-21,23,26H,1-14H2/t16?,17?,18?,19?,20?,21-/m0/s1. The summed E-state index contributed by atoms with van der Waals surface area (Å²) in [6.45, 7) is 2.63. The van der Waals surface area contributed by atoms with Crippen LogP contribution in [0.1, 0.15) is 57.8 Å². The number of aliphatic hydroxyl groups excluding tert-OH is 1. The minimum atomic E-state index is -3.52. The Hall–Kier alpha value is -0.780. The van der Waals surface area contributed by atoms with Crippen LogP contribution in [0, 0.1) is 11.8 Å². The summed E-state index contributed by atoms with van der Waals surface area (Å²) in [4.78, 5) is 14.7. The number of amides is 1. The number of fused-ring (bicyclic) bond motifs is 2. The molecule has 0 bridgehead atoms. The van der Waals surface area contributed by atoms with Gasteiger partial charge >= 0.3 is 0 Å². The van der Waals surface area contributed by atoms with Gasteiger partial charge in [0, 0.05) is 31.6 Å². The second-order valence-electron chi connectivity index (χ2n) is 10.2. The summed E-state index contributed by atoms with van der Waals surface area (Å²) in [6, 6.07) is -0.142. The second kappa shape index (κ2) is 9.46. The summed E-state index contributed by atoms with van der Waals surface area (Å²) < 4.78 is 40.0. The average molecular weight is 472 g/mol. The first-order valence-electron chi connectivity index (χ1n) is 12.4. The molecule has 6 atom stereocenters. The lowest BCUT2D eigenvalue weighted by Crippen LogP contribution is -2.55. The van der Waals surface area contributed by atoms with Crippen molar-refractivity contribution in [3.8, 4) is 0 Å². The molecule has 0 aromatic heterocycles. The van der Waals surface area contributed by atoms with Gasteiger partial charge in [-0.2, -0.15) is 0 Å². The fourth-order valence-corrected chi connectivity index (χ4v) is 8.53. The number of sulfonamides is 1. The Morgan fingerprint density at radius 2 is 1.75 bits per heavy atom. The average Bonchev–Trinajstić information content (AvgIpc) is 3.27. The maximum absolute atomic E-state index is 13.5. The van der Waals surface area contributed by atoms with E-state index < -0.39 is 21.4 Å². The molecule has 2 aliphatic carbocycles. The van der Waals surface area contributed by atoms with Gasteiger partial charge in [0.25, 0.3) is 5.91 Å². The van der Waals surface area contributed by atoms with Crippen LogP contribution in [-0.2, 0) is 24.3 Å². The second-order valence-corrected chi connectivity index (χ2v) is 12.3. The number of hydrogen-bond acceptors (Lipinski definition) is 7. The Kier molecular flexibility index (Phi) is 6.80. The molecular formula is C22H37N3O6S. The highest BCUT2D eigenvalue weighted by Crippen LogP contribution is 2.36. The van der Waals surface area contributed by atoms with Gasteiger partial charge in [-0.1, -0.05) is 19.3 Å². The van der Waals surface area contributed by atoms with Gasteiger partial charge in [-0.05, 0) is 44.4 Å². The van der Waals surface area contributed by atoms with Crippen LogP contribution in [0.4, 0.5) is 0 Å². The number of carbonyl (C=O) groups is 1. The predicted octanol–water partition coefficient (Wildman–Crippen LogP) is 0.631. The Labute approximate surface area is 190 Å². The van der Waals surface area contributed by atoms with Gasteiger partial charge in [0.15, 0.2) is 0 Å². The van der Waals surface area contributed by atoms with Gasteiger partial charge in [0.1, 0.15) is 6.10 Å². The van der Waals surface area contributed by atoms with Crippen molar-refractivity contribution in [2.75, 3.05) is 32.8 Å². The van der Waals surface area contributed by atoms with E-state index in [4.69, 9.17) is 9.47 Å².